The van der Waals surface area contributed by atoms with Crippen molar-refractivity contribution in [1.29, 1.82) is 0 Å². The summed E-state index contributed by atoms with van der Waals surface area (Å²) in [6.07, 6.45) is 3.24. The van der Waals surface area contributed by atoms with Gasteiger partial charge in [-0.05, 0) is 44.1 Å². The van der Waals surface area contributed by atoms with Crippen LogP contribution in [0.25, 0.3) is 0 Å². The second kappa shape index (κ2) is 6.87. The number of aliphatic hydroxyl groups is 1. The van der Waals surface area contributed by atoms with Crippen molar-refractivity contribution in [2.24, 2.45) is 0 Å². The van der Waals surface area contributed by atoms with Crippen LogP contribution < -0.4 is 4.90 Å². The number of nitrogens with zero attached hydrogens (tertiary/aromatic N) is 3. The van der Waals surface area contributed by atoms with Crippen LogP contribution in [-0.4, -0.2) is 48.2 Å². The summed E-state index contributed by atoms with van der Waals surface area (Å²) in [5.41, 5.74) is 2.08. The average Bonchev–Trinajstić information content (AvgIpc) is 2.63. The normalized spacial score (nSPS) is 17.5. The molecule has 0 aliphatic carbocycles. The Kier molecular flexibility index (Phi) is 5.16. The zero-order valence-electron chi connectivity index (χ0n) is 12.1. The Labute approximate surface area is 116 Å². The van der Waals surface area contributed by atoms with E-state index in [0.717, 1.165) is 56.1 Å². The molecule has 2 rings (SSSR count). The number of aromatic nitrogens is 1. The highest BCUT2D eigenvalue weighted by Crippen LogP contribution is 2.18. The standard InChI is InChI=1S/C15H25N3O/c1-3-5-14-10-13(12-19)11-15(16-14)18-7-4-6-17(2)8-9-18/h10-11,19H,3-9,12H2,1-2H3. The van der Waals surface area contributed by atoms with Crippen molar-refractivity contribution < 1.29 is 5.11 Å². The van der Waals surface area contributed by atoms with E-state index in [4.69, 9.17) is 4.98 Å². The van der Waals surface area contributed by atoms with Gasteiger partial charge in [-0.25, -0.2) is 4.98 Å². The summed E-state index contributed by atoms with van der Waals surface area (Å²) in [4.78, 5) is 9.47. The summed E-state index contributed by atoms with van der Waals surface area (Å²) in [5.74, 6) is 1.03. The summed E-state index contributed by atoms with van der Waals surface area (Å²) in [7, 11) is 2.17. The third-order valence-electron chi connectivity index (χ3n) is 3.66. The lowest BCUT2D eigenvalue weighted by Gasteiger charge is -2.23. The molecule has 0 amide bonds. The van der Waals surface area contributed by atoms with Crippen LogP contribution in [0.4, 0.5) is 5.82 Å². The van der Waals surface area contributed by atoms with Gasteiger partial charge in [-0.15, -0.1) is 0 Å². The maximum atomic E-state index is 9.40. The molecule has 0 atom stereocenters. The number of aryl methyl sites for hydroxylation is 1. The van der Waals surface area contributed by atoms with E-state index in [0.29, 0.717) is 0 Å². The number of aliphatic hydroxyl groups excluding tert-OH is 1. The number of pyridine rings is 1. The van der Waals surface area contributed by atoms with Gasteiger partial charge in [-0.1, -0.05) is 13.3 Å². The minimum absolute atomic E-state index is 0.0972. The summed E-state index contributed by atoms with van der Waals surface area (Å²) in [6.45, 7) is 6.56. The first-order valence-corrected chi connectivity index (χ1v) is 7.27. The molecular weight excluding hydrogens is 238 g/mol. The summed E-state index contributed by atoms with van der Waals surface area (Å²) < 4.78 is 0. The molecule has 0 unspecified atom stereocenters. The number of anilines is 1. The second-order valence-corrected chi connectivity index (χ2v) is 5.38. The lowest BCUT2D eigenvalue weighted by Crippen LogP contribution is -2.29. The third kappa shape index (κ3) is 3.91. The molecule has 1 saturated heterocycles. The van der Waals surface area contributed by atoms with Crippen LogP contribution in [0.3, 0.4) is 0 Å². The van der Waals surface area contributed by atoms with E-state index in [1.165, 1.54) is 6.42 Å². The molecule has 0 radical (unpaired) electrons. The molecular formula is C15H25N3O. The maximum Gasteiger partial charge on any atom is 0.129 e. The first-order chi connectivity index (χ1) is 9.22. The zero-order valence-corrected chi connectivity index (χ0v) is 12.1. The molecule has 1 aliphatic rings. The van der Waals surface area contributed by atoms with E-state index in [1.54, 1.807) is 0 Å². The highest BCUT2D eigenvalue weighted by atomic mass is 16.3. The van der Waals surface area contributed by atoms with Crippen molar-refractivity contribution in [3.8, 4) is 0 Å². The molecule has 0 aromatic carbocycles. The van der Waals surface area contributed by atoms with Crippen molar-refractivity contribution in [2.75, 3.05) is 38.1 Å². The SMILES string of the molecule is CCCc1cc(CO)cc(N2CCCN(C)CC2)n1. The lowest BCUT2D eigenvalue weighted by atomic mass is 10.1. The second-order valence-electron chi connectivity index (χ2n) is 5.38. The number of hydrogen-bond acceptors (Lipinski definition) is 4. The van der Waals surface area contributed by atoms with Crippen molar-refractivity contribution in [2.45, 2.75) is 32.8 Å². The fourth-order valence-electron chi connectivity index (χ4n) is 2.55. The Morgan fingerprint density at radius 3 is 2.79 bits per heavy atom. The fraction of sp³-hybridized carbons (Fsp3) is 0.667. The van der Waals surface area contributed by atoms with Gasteiger partial charge in [-0.2, -0.15) is 0 Å². The fourth-order valence-corrected chi connectivity index (χ4v) is 2.55. The van der Waals surface area contributed by atoms with Gasteiger partial charge < -0.3 is 14.9 Å². The minimum Gasteiger partial charge on any atom is -0.392 e. The van der Waals surface area contributed by atoms with Gasteiger partial charge in [0, 0.05) is 25.3 Å². The first kappa shape index (κ1) is 14.3. The summed E-state index contributed by atoms with van der Waals surface area (Å²) in [5, 5.41) is 9.40. The quantitative estimate of drug-likeness (QED) is 0.897. The number of hydrogen-bond donors (Lipinski definition) is 1. The molecule has 0 bridgehead atoms. The molecule has 4 heteroatoms. The van der Waals surface area contributed by atoms with E-state index in [1.807, 2.05) is 12.1 Å². The Morgan fingerprint density at radius 1 is 1.21 bits per heavy atom. The monoisotopic (exact) mass is 263 g/mol. The van der Waals surface area contributed by atoms with Gasteiger partial charge in [0.15, 0.2) is 0 Å². The van der Waals surface area contributed by atoms with Gasteiger partial charge in [0.1, 0.15) is 5.82 Å². The topological polar surface area (TPSA) is 39.6 Å². The van der Waals surface area contributed by atoms with Crippen molar-refractivity contribution in [1.82, 2.24) is 9.88 Å². The Morgan fingerprint density at radius 2 is 2.05 bits per heavy atom. The molecule has 4 nitrogen and oxygen atoms in total. The molecule has 1 N–H and O–H groups in total. The van der Waals surface area contributed by atoms with E-state index in [-0.39, 0.29) is 6.61 Å². The van der Waals surface area contributed by atoms with Crippen molar-refractivity contribution in [3.05, 3.63) is 23.4 Å². The van der Waals surface area contributed by atoms with Gasteiger partial charge in [0.25, 0.3) is 0 Å². The smallest absolute Gasteiger partial charge is 0.129 e. The van der Waals surface area contributed by atoms with E-state index in [2.05, 4.69) is 23.8 Å². The molecule has 19 heavy (non-hydrogen) atoms. The van der Waals surface area contributed by atoms with E-state index >= 15 is 0 Å². The highest BCUT2D eigenvalue weighted by molar-refractivity contribution is 5.43. The van der Waals surface area contributed by atoms with Crippen LogP contribution in [0, 0.1) is 0 Å². The molecule has 0 spiro atoms. The summed E-state index contributed by atoms with van der Waals surface area (Å²) in [6, 6.07) is 4.06. The van der Waals surface area contributed by atoms with Gasteiger partial charge in [-0.3, -0.25) is 0 Å². The predicted molar refractivity (Wildman–Crippen MR) is 78.5 cm³/mol. The van der Waals surface area contributed by atoms with E-state index < -0.39 is 0 Å². The number of likely N-dealkylation sites (N-methyl/N-ethyl adjacent to an activating group) is 1. The van der Waals surface area contributed by atoms with Gasteiger partial charge >= 0.3 is 0 Å². The molecule has 106 valence electrons. The molecule has 1 aromatic rings. The minimum atomic E-state index is 0.0972. The average molecular weight is 263 g/mol. The number of rotatable bonds is 4. The van der Waals surface area contributed by atoms with Crippen LogP contribution >= 0.6 is 0 Å². The molecule has 1 aromatic heterocycles. The third-order valence-corrected chi connectivity index (χ3v) is 3.66. The highest BCUT2D eigenvalue weighted by Gasteiger charge is 2.14. The predicted octanol–water partition coefficient (Wildman–Crippen LogP) is 1.67. The zero-order chi connectivity index (χ0) is 13.7. The largest absolute Gasteiger partial charge is 0.392 e. The van der Waals surface area contributed by atoms with Gasteiger partial charge in [0.05, 0.1) is 6.61 Å². The first-order valence-electron chi connectivity index (χ1n) is 7.27. The maximum absolute atomic E-state index is 9.40. The van der Waals surface area contributed by atoms with Crippen LogP contribution in [0.2, 0.25) is 0 Å². The molecule has 0 saturated carbocycles. The van der Waals surface area contributed by atoms with Crippen molar-refractivity contribution in [3.63, 3.8) is 0 Å². The van der Waals surface area contributed by atoms with E-state index in [9.17, 15) is 5.11 Å². The van der Waals surface area contributed by atoms with Crippen LogP contribution in [0.1, 0.15) is 31.0 Å². The Balaban J connectivity index is 2.19. The Hall–Kier alpha value is -1.13. The summed E-state index contributed by atoms with van der Waals surface area (Å²) >= 11 is 0. The lowest BCUT2D eigenvalue weighted by molar-refractivity contribution is 0.281. The Bertz CT molecular complexity index is 408. The van der Waals surface area contributed by atoms with Gasteiger partial charge in [0.2, 0.25) is 0 Å². The molecule has 1 fully saturated rings. The van der Waals surface area contributed by atoms with Crippen molar-refractivity contribution >= 4 is 5.82 Å². The molecule has 2 heterocycles. The van der Waals surface area contributed by atoms with Crippen LogP contribution in [-0.2, 0) is 13.0 Å². The molecule has 1 aliphatic heterocycles. The van der Waals surface area contributed by atoms with Crippen LogP contribution in [0.5, 0.6) is 0 Å². The van der Waals surface area contributed by atoms with Crippen LogP contribution in [0.15, 0.2) is 12.1 Å².